The molecule has 0 aliphatic rings. The van der Waals surface area contributed by atoms with Crippen molar-refractivity contribution < 1.29 is 5.11 Å². The lowest BCUT2D eigenvalue weighted by Crippen LogP contribution is -1.85. The zero-order valence-corrected chi connectivity index (χ0v) is 7.54. The highest BCUT2D eigenvalue weighted by molar-refractivity contribution is 5.57. The average Bonchev–Trinajstić information content (AvgIpc) is 2.04. The van der Waals surface area contributed by atoms with Crippen LogP contribution in [-0.2, 0) is 0 Å². The molecule has 1 rings (SSSR count). The second-order valence-electron chi connectivity index (χ2n) is 2.89. The summed E-state index contributed by atoms with van der Waals surface area (Å²) in [6.45, 7) is 4.25. The lowest BCUT2D eigenvalue weighted by Gasteiger charge is -2.03. The molecule has 1 N–H and O–H groups in total. The van der Waals surface area contributed by atoms with E-state index < -0.39 is 0 Å². The van der Waals surface area contributed by atoms with E-state index >= 15 is 0 Å². The van der Waals surface area contributed by atoms with Crippen molar-refractivity contribution in [2.75, 3.05) is 6.61 Å². The molecular formula is C11H14O. The van der Waals surface area contributed by atoms with Crippen LogP contribution in [0.15, 0.2) is 24.3 Å². The van der Waals surface area contributed by atoms with Crippen LogP contribution in [0.4, 0.5) is 0 Å². The van der Waals surface area contributed by atoms with Gasteiger partial charge in [0.2, 0.25) is 0 Å². The molecule has 1 nitrogen and oxygen atoms in total. The Morgan fingerprint density at radius 3 is 2.33 bits per heavy atom. The molecule has 0 bridgehead atoms. The number of benzene rings is 1. The summed E-state index contributed by atoms with van der Waals surface area (Å²) in [7, 11) is 0. The highest BCUT2D eigenvalue weighted by Gasteiger charge is 1.95. The number of hydrogen-bond donors (Lipinski definition) is 1. The van der Waals surface area contributed by atoms with Crippen LogP contribution < -0.4 is 0 Å². The molecule has 1 aromatic rings. The third-order valence-electron chi connectivity index (χ3n) is 1.93. The molecule has 0 saturated carbocycles. The molecule has 0 aliphatic heterocycles. The molecule has 1 heteroatoms. The second kappa shape index (κ2) is 4.07. The predicted octanol–water partition coefficient (Wildman–Crippen LogP) is 2.31. The number of aryl methyl sites for hydroxylation is 2. The fourth-order valence-corrected chi connectivity index (χ4v) is 1.26. The first-order chi connectivity index (χ1) is 5.75. The predicted molar refractivity (Wildman–Crippen MR) is 52.0 cm³/mol. The smallest absolute Gasteiger partial charge is 0.0615 e. The van der Waals surface area contributed by atoms with Crippen LogP contribution in [0, 0.1) is 13.8 Å². The molecule has 0 fully saturated rings. The summed E-state index contributed by atoms with van der Waals surface area (Å²) in [4.78, 5) is 0. The van der Waals surface area contributed by atoms with Crippen molar-refractivity contribution in [3.05, 3.63) is 41.0 Å². The minimum atomic E-state index is 0.105. The van der Waals surface area contributed by atoms with E-state index in [0.29, 0.717) is 0 Å². The molecule has 0 radical (unpaired) electrons. The molecule has 0 aliphatic carbocycles. The summed E-state index contributed by atoms with van der Waals surface area (Å²) < 4.78 is 0. The topological polar surface area (TPSA) is 20.2 Å². The van der Waals surface area contributed by atoms with Gasteiger partial charge in [-0.3, -0.25) is 0 Å². The van der Waals surface area contributed by atoms with E-state index in [9.17, 15) is 0 Å². The van der Waals surface area contributed by atoms with E-state index in [0.717, 1.165) is 0 Å². The summed E-state index contributed by atoms with van der Waals surface area (Å²) in [6.07, 6.45) is 3.72. The fraction of sp³-hybridized carbons (Fsp3) is 0.273. The van der Waals surface area contributed by atoms with Crippen LogP contribution >= 0.6 is 0 Å². The van der Waals surface area contributed by atoms with Gasteiger partial charge in [-0.15, -0.1) is 0 Å². The fourth-order valence-electron chi connectivity index (χ4n) is 1.26. The third-order valence-corrected chi connectivity index (χ3v) is 1.93. The lowest BCUT2D eigenvalue weighted by atomic mass is 10.0. The van der Waals surface area contributed by atoms with Gasteiger partial charge >= 0.3 is 0 Å². The van der Waals surface area contributed by atoms with Crippen molar-refractivity contribution >= 4 is 6.08 Å². The first-order valence-electron chi connectivity index (χ1n) is 4.09. The van der Waals surface area contributed by atoms with Crippen LogP contribution in [0.1, 0.15) is 16.7 Å². The van der Waals surface area contributed by atoms with Gasteiger partial charge in [0.05, 0.1) is 6.61 Å². The Kier molecular flexibility index (Phi) is 3.06. The van der Waals surface area contributed by atoms with Crippen molar-refractivity contribution in [2.24, 2.45) is 0 Å². The Hall–Kier alpha value is -1.08. The number of aliphatic hydroxyl groups excluding tert-OH is 1. The summed E-state index contributed by atoms with van der Waals surface area (Å²) in [5.41, 5.74) is 3.71. The molecule has 64 valence electrons. The molecule has 0 heterocycles. The third kappa shape index (κ3) is 1.95. The summed E-state index contributed by atoms with van der Waals surface area (Å²) >= 11 is 0. The summed E-state index contributed by atoms with van der Waals surface area (Å²) in [5.74, 6) is 0. The SMILES string of the molecule is Cc1cccc(C)c1C=CCO. The molecule has 0 amide bonds. The normalized spacial score (nSPS) is 10.9. The van der Waals surface area contributed by atoms with Gasteiger partial charge in [0, 0.05) is 0 Å². The number of hydrogen-bond acceptors (Lipinski definition) is 1. The van der Waals surface area contributed by atoms with E-state index in [4.69, 9.17) is 5.11 Å². The number of aliphatic hydroxyl groups is 1. The minimum absolute atomic E-state index is 0.105. The zero-order chi connectivity index (χ0) is 8.97. The van der Waals surface area contributed by atoms with Crippen molar-refractivity contribution in [1.29, 1.82) is 0 Å². The van der Waals surface area contributed by atoms with Gasteiger partial charge in [0.25, 0.3) is 0 Å². The number of rotatable bonds is 2. The molecular weight excluding hydrogens is 148 g/mol. The first kappa shape index (κ1) is 9.01. The van der Waals surface area contributed by atoms with E-state index in [1.165, 1.54) is 16.7 Å². The van der Waals surface area contributed by atoms with Gasteiger partial charge in [-0.05, 0) is 30.5 Å². The lowest BCUT2D eigenvalue weighted by molar-refractivity contribution is 0.343. The van der Waals surface area contributed by atoms with Crippen LogP contribution in [0.3, 0.4) is 0 Å². The van der Waals surface area contributed by atoms with Crippen molar-refractivity contribution in [1.82, 2.24) is 0 Å². The maximum atomic E-state index is 8.62. The van der Waals surface area contributed by atoms with E-state index in [1.807, 2.05) is 12.1 Å². The standard InChI is InChI=1S/C11H14O/c1-9-5-3-6-10(2)11(9)7-4-8-12/h3-7,12H,8H2,1-2H3. The first-order valence-corrected chi connectivity index (χ1v) is 4.09. The van der Waals surface area contributed by atoms with Gasteiger partial charge in [-0.25, -0.2) is 0 Å². The molecule has 0 atom stereocenters. The van der Waals surface area contributed by atoms with Gasteiger partial charge in [-0.2, -0.15) is 0 Å². The highest BCUT2D eigenvalue weighted by atomic mass is 16.2. The summed E-state index contributed by atoms with van der Waals surface area (Å²) in [5, 5.41) is 8.62. The quantitative estimate of drug-likeness (QED) is 0.707. The molecule has 1 aromatic carbocycles. The van der Waals surface area contributed by atoms with Crippen LogP contribution in [0.5, 0.6) is 0 Å². The van der Waals surface area contributed by atoms with Crippen molar-refractivity contribution in [3.63, 3.8) is 0 Å². The molecule has 0 saturated heterocycles. The molecule has 12 heavy (non-hydrogen) atoms. The van der Waals surface area contributed by atoms with Crippen LogP contribution in [0.25, 0.3) is 6.08 Å². The molecule has 0 spiro atoms. The van der Waals surface area contributed by atoms with E-state index in [2.05, 4.69) is 26.0 Å². The Morgan fingerprint density at radius 2 is 1.83 bits per heavy atom. The van der Waals surface area contributed by atoms with Crippen LogP contribution in [0.2, 0.25) is 0 Å². The van der Waals surface area contributed by atoms with Gasteiger partial charge in [0.1, 0.15) is 0 Å². The van der Waals surface area contributed by atoms with E-state index in [1.54, 1.807) is 6.08 Å². The minimum Gasteiger partial charge on any atom is -0.392 e. The summed E-state index contributed by atoms with van der Waals surface area (Å²) in [6, 6.07) is 6.19. The molecule has 0 aromatic heterocycles. The van der Waals surface area contributed by atoms with Gasteiger partial charge < -0.3 is 5.11 Å². The van der Waals surface area contributed by atoms with E-state index in [-0.39, 0.29) is 6.61 Å². The van der Waals surface area contributed by atoms with Gasteiger partial charge in [-0.1, -0.05) is 30.4 Å². The Labute approximate surface area is 73.4 Å². The zero-order valence-electron chi connectivity index (χ0n) is 7.54. The second-order valence-corrected chi connectivity index (χ2v) is 2.89. The van der Waals surface area contributed by atoms with Crippen molar-refractivity contribution in [3.8, 4) is 0 Å². The Balaban J connectivity index is 3.04. The average molecular weight is 162 g/mol. The molecule has 0 unspecified atom stereocenters. The highest BCUT2D eigenvalue weighted by Crippen LogP contribution is 2.14. The van der Waals surface area contributed by atoms with Crippen molar-refractivity contribution in [2.45, 2.75) is 13.8 Å². The van der Waals surface area contributed by atoms with Crippen LogP contribution in [-0.4, -0.2) is 11.7 Å². The van der Waals surface area contributed by atoms with Gasteiger partial charge in [0.15, 0.2) is 0 Å². The monoisotopic (exact) mass is 162 g/mol. The largest absolute Gasteiger partial charge is 0.392 e. The Bertz CT molecular complexity index is 267. The Morgan fingerprint density at radius 1 is 1.25 bits per heavy atom. The maximum Gasteiger partial charge on any atom is 0.0615 e. The maximum absolute atomic E-state index is 8.62.